The first-order valence-electron chi connectivity index (χ1n) is 9.40. The largest absolute Gasteiger partial charge is 0.273 e. The van der Waals surface area contributed by atoms with E-state index in [1.807, 2.05) is 13.8 Å². The summed E-state index contributed by atoms with van der Waals surface area (Å²) >= 11 is 0. The summed E-state index contributed by atoms with van der Waals surface area (Å²) in [5, 5.41) is 0. The number of carbonyl (C=O) groups is 2. The molecular formula is C21H25N3O4S. The second-order valence-corrected chi connectivity index (χ2v) is 9.58. The number of nitrogens with zero attached hydrogens (tertiary/aromatic N) is 1. The van der Waals surface area contributed by atoms with E-state index in [0.29, 0.717) is 11.5 Å². The molecule has 2 aromatic rings. The lowest BCUT2D eigenvalue weighted by atomic mass is 10.1. The van der Waals surface area contributed by atoms with Crippen LogP contribution in [0.1, 0.15) is 34.8 Å². The minimum atomic E-state index is -3.60. The molecule has 0 spiro atoms. The number of sulfonamides is 1. The van der Waals surface area contributed by atoms with Gasteiger partial charge in [-0.1, -0.05) is 36.8 Å². The molecule has 0 heterocycles. The van der Waals surface area contributed by atoms with Crippen LogP contribution < -0.4 is 10.9 Å². The number of hydrazine groups is 1. The zero-order valence-electron chi connectivity index (χ0n) is 16.7. The van der Waals surface area contributed by atoms with Gasteiger partial charge < -0.3 is 0 Å². The fraction of sp³-hybridized carbons (Fsp3) is 0.333. The summed E-state index contributed by atoms with van der Waals surface area (Å²) in [6, 6.07) is 13.3. The maximum Gasteiger partial charge on any atom is 0.269 e. The van der Waals surface area contributed by atoms with Crippen molar-refractivity contribution in [3.05, 3.63) is 65.2 Å². The van der Waals surface area contributed by atoms with Crippen molar-refractivity contribution in [3.63, 3.8) is 0 Å². The van der Waals surface area contributed by atoms with Gasteiger partial charge in [0.25, 0.3) is 5.91 Å². The van der Waals surface area contributed by atoms with Crippen LogP contribution in [-0.4, -0.2) is 31.6 Å². The minimum absolute atomic E-state index is 0.0244. The van der Waals surface area contributed by atoms with E-state index < -0.39 is 15.9 Å². The lowest BCUT2D eigenvalue weighted by Gasteiger charge is -2.17. The summed E-state index contributed by atoms with van der Waals surface area (Å²) in [6.07, 6.45) is 0.843. The van der Waals surface area contributed by atoms with E-state index in [4.69, 9.17) is 0 Å². The van der Waals surface area contributed by atoms with Gasteiger partial charge in [0.2, 0.25) is 15.9 Å². The van der Waals surface area contributed by atoms with Crippen LogP contribution in [0.2, 0.25) is 0 Å². The van der Waals surface area contributed by atoms with Crippen molar-refractivity contribution in [3.8, 4) is 0 Å². The Kier molecular flexibility index (Phi) is 6.04. The average Bonchev–Trinajstić information content (AvgIpc) is 3.43. The quantitative estimate of drug-likeness (QED) is 0.708. The Morgan fingerprint density at radius 1 is 1.03 bits per heavy atom. The molecule has 29 heavy (non-hydrogen) atoms. The predicted molar refractivity (Wildman–Crippen MR) is 109 cm³/mol. The molecule has 1 fully saturated rings. The maximum absolute atomic E-state index is 12.7. The number of amides is 2. The van der Waals surface area contributed by atoms with E-state index in [9.17, 15) is 18.0 Å². The van der Waals surface area contributed by atoms with Gasteiger partial charge in [-0.2, -0.15) is 4.31 Å². The van der Waals surface area contributed by atoms with Crippen molar-refractivity contribution < 1.29 is 18.0 Å². The molecule has 0 aliphatic heterocycles. The van der Waals surface area contributed by atoms with Gasteiger partial charge in [-0.05, 0) is 49.1 Å². The Balaban J connectivity index is 1.58. The zero-order chi connectivity index (χ0) is 21.2. The lowest BCUT2D eigenvalue weighted by Crippen LogP contribution is -2.42. The Hall–Kier alpha value is -2.71. The topological polar surface area (TPSA) is 95.6 Å². The van der Waals surface area contributed by atoms with Gasteiger partial charge in [-0.25, -0.2) is 8.42 Å². The van der Waals surface area contributed by atoms with Gasteiger partial charge in [0, 0.05) is 25.1 Å². The number of rotatable bonds is 6. The molecule has 0 radical (unpaired) electrons. The van der Waals surface area contributed by atoms with E-state index in [1.54, 1.807) is 48.5 Å². The summed E-state index contributed by atoms with van der Waals surface area (Å²) in [7, 11) is -2.08. The molecule has 0 bridgehead atoms. The van der Waals surface area contributed by atoms with Gasteiger partial charge in [-0.3, -0.25) is 20.4 Å². The Morgan fingerprint density at radius 2 is 1.62 bits per heavy atom. The summed E-state index contributed by atoms with van der Waals surface area (Å²) in [5.41, 5.74) is 6.95. The van der Waals surface area contributed by atoms with Crippen molar-refractivity contribution in [2.45, 2.75) is 31.7 Å². The van der Waals surface area contributed by atoms with Crippen LogP contribution in [0.3, 0.4) is 0 Å². The first-order chi connectivity index (χ1) is 13.7. The molecule has 0 saturated heterocycles. The molecule has 0 unspecified atom stereocenters. The van der Waals surface area contributed by atoms with Crippen molar-refractivity contribution in [1.82, 2.24) is 15.2 Å². The van der Waals surface area contributed by atoms with Gasteiger partial charge in [0.1, 0.15) is 0 Å². The highest BCUT2D eigenvalue weighted by Gasteiger charge is 2.39. The van der Waals surface area contributed by atoms with Crippen LogP contribution in [0, 0.1) is 18.8 Å². The normalized spacial score (nSPS) is 18.3. The number of aryl methyl sites for hydroxylation is 1. The van der Waals surface area contributed by atoms with E-state index in [1.165, 1.54) is 11.4 Å². The van der Waals surface area contributed by atoms with Crippen molar-refractivity contribution in [2.75, 3.05) is 7.05 Å². The maximum atomic E-state index is 12.7. The summed E-state index contributed by atoms with van der Waals surface area (Å²) in [5.74, 6) is -0.257. The minimum Gasteiger partial charge on any atom is -0.273 e. The Morgan fingerprint density at radius 3 is 2.17 bits per heavy atom. The molecule has 2 N–H and O–H groups in total. The van der Waals surface area contributed by atoms with Crippen LogP contribution in [0.4, 0.5) is 0 Å². The summed E-state index contributed by atoms with van der Waals surface area (Å²) in [6.45, 7) is 4.06. The molecule has 2 amide bonds. The molecule has 8 heteroatoms. The van der Waals surface area contributed by atoms with E-state index in [0.717, 1.165) is 17.5 Å². The molecule has 7 nitrogen and oxygen atoms in total. The molecule has 1 aliphatic rings. The van der Waals surface area contributed by atoms with Crippen molar-refractivity contribution in [1.29, 1.82) is 0 Å². The molecular weight excluding hydrogens is 390 g/mol. The number of hydrogen-bond donors (Lipinski definition) is 2. The number of nitrogens with one attached hydrogen (secondary N) is 2. The first-order valence-corrected chi connectivity index (χ1v) is 10.8. The number of carbonyl (C=O) groups excluding carboxylic acids is 2. The fourth-order valence-corrected chi connectivity index (χ4v) is 4.12. The Bertz CT molecular complexity index is 1000. The van der Waals surface area contributed by atoms with Gasteiger partial charge in [0.15, 0.2) is 0 Å². The molecule has 154 valence electrons. The average molecular weight is 416 g/mol. The smallest absolute Gasteiger partial charge is 0.269 e. The fourth-order valence-electron chi connectivity index (χ4n) is 2.96. The molecule has 0 aromatic heterocycles. The van der Waals surface area contributed by atoms with E-state index >= 15 is 0 Å². The van der Waals surface area contributed by atoms with Gasteiger partial charge in [0.05, 0.1) is 4.90 Å². The highest BCUT2D eigenvalue weighted by atomic mass is 32.2. The standard InChI is InChI=1S/C21H25N3O4S/c1-14-4-10-18(11-5-14)29(27,28)24(3)13-16-6-8-17(9-7-16)20(25)22-23-21(26)19-12-15(19)2/h4-11,15,19H,12-13H2,1-3H3,(H,22,25)(H,23,26)/t15-,19+/m0/s1. The van der Waals surface area contributed by atoms with Gasteiger partial charge in [-0.15, -0.1) is 0 Å². The monoisotopic (exact) mass is 415 g/mol. The van der Waals surface area contributed by atoms with E-state index in [-0.39, 0.29) is 23.3 Å². The van der Waals surface area contributed by atoms with Crippen LogP contribution in [0.15, 0.2) is 53.4 Å². The lowest BCUT2D eigenvalue weighted by molar-refractivity contribution is -0.123. The molecule has 1 saturated carbocycles. The summed E-state index contributed by atoms with van der Waals surface area (Å²) in [4.78, 5) is 24.2. The SMILES string of the molecule is Cc1ccc(S(=O)(=O)N(C)Cc2ccc(C(=O)NNC(=O)[C@@H]3C[C@@H]3C)cc2)cc1. The van der Waals surface area contributed by atoms with Crippen LogP contribution in [-0.2, 0) is 21.4 Å². The molecule has 2 aromatic carbocycles. The zero-order valence-corrected chi connectivity index (χ0v) is 17.5. The van der Waals surface area contributed by atoms with Crippen LogP contribution in [0.5, 0.6) is 0 Å². The summed E-state index contributed by atoms with van der Waals surface area (Å²) < 4.78 is 26.6. The first kappa shape index (κ1) is 21.0. The van der Waals surface area contributed by atoms with Crippen LogP contribution >= 0.6 is 0 Å². The third kappa shape index (κ3) is 5.02. The van der Waals surface area contributed by atoms with Gasteiger partial charge >= 0.3 is 0 Å². The van der Waals surface area contributed by atoms with Crippen LogP contribution in [0.25, 0.3) is 0 Å². The number of benzene rings is 2. The van der Waals surface area contributed by atoms with E-state index in [2.05, 4.69) is 10.9 Å². The third-order valence-electron chi connectivity index (χ3n) is 5.10. The predicted octanol–water partition coefficient (Wildman–Crippen LogP) is 2.23. The highest BCUT2D eigenvalue weighted by molar-refractivity contribution is 7.89. The van der Waals surface area contributed by atoms with Crippen molar-refractivity contribution in [2.24, 2.45) is 11.8 Å². The molecule has 3 rings (SSSR count). The highest BCUT2D eigenvalue weighted by Crippen LogP contribution is 2.37. The Labute approximate surface area is 171 Å². The molecule has 2 atom stereocenters. The third-order valence-corrected chi connectivity index (χ3v) is 6.91. The second kappa shape index (κ2) is 8.34. The molecule has 1 aliphatic carbocycles. The van der Waals surface area contributed by atoms with Crippen molar-refractivity contribution >= 4 is 21.8 Å². The second-order valence-electron chi connectivity index (χ2n) is 7.53. The number of hydrogen-bond acceptors (Lipinski definition) is 4.